The summed E-state index contributed by atoms with van der Waals surface area (Å²) in [5, 5.41) is 2.76. The molecular formula is C11H11F4NO2. The molecule has 0 unspecified atom stereocenters. The number of rotatable bonds is 5. The summed E-state index contributed by atoms with van der Waals surface area (Å²) in [5.74, 6) is -2.57. The number of alkyl halides is 3. The minimum Gasteiger partial charge on any atom is -0.458 e. The highest BCUT2D eigenvalue weighted by Crippen LogP contribution is 2.15. The van der Waals surface area contributed by atoms with Crippen LogP contribution >= 0.6 is 0 Å². The van der Waals surface area contributed by atoms with E-state index < -0.39 is 12.1 Å². The van der Waals surface area contributed by atoms with E-state index in [0.717, 1.165) is 5.56 Å². The quantitative estimate of drug-likeness (QED) is 0.503. The van der Waals surface area contributed by atoms with Crippen molar-refractivity contribution < 1.29 is 27.1 Å². The molecule has 1 rings (SSSR count). The van der Waals surface area contributed by atoms with E-state index in [4.69, 9.17) is 0 Å². The third-order valence-electron chi connectivity index (χ3n) is 1.99. The van der Waals surface area contributed by atoms with Crippen molar-refractivity contribution in [2.45, 2.75) is 12.7 Å². The Morgan fingerprint density at radius 3 is 2.39 bits per heavy atom. The number of ether oxygens (including phenoxy) is 1. The lowest BCUT2D eigenvalue weighted by Gasteiger charge is -2.08. The van der Waals surface area contributed by atoms with Crippen LogP contribution in [0.15, 0.2) is 24.3 Å². The lowest BCUT2D eigenvalue weighted by Crippen LogP contribution is -2.29. The fourth-order valence-electron chi connectivity index (χ4n) is 1.13. The molecule has 0 aliphatic carbocycles. The molecule has 0 heterocycles. The normalized spacial score (nSPS) is 11.3. The molecule has 7 heteroatoms. The molecule has 0 aromatic heterocycles. The zero-order chi connectivity index (χ0) is 13.6. The van der Waals surface area contributed by atoms with Gasteiger partial charge < -0.3 is 10.1 Å². The molecule has 18 heavy (non-hydrogen) atoms. The average molecular weight is 265 g/mol. The van der Waals surface area contributed by atoms with Gasteiger partial charge in [0.15, 0.2) is 0 Å². The maximum Gasteiger partial charge on any atom is 0.490 e. The van der Waals surface area contributed by atoms with Crippen molar-refractivity contribution in [1.29, 1.82) is 0 Å². The molecule has 0 saturated heterocycles. The van der Waals surface area contributed by atoms with Crippen LogP contribution in [0.4, 0.5) is 17.6 Å². The molecule has 100 valence electrons. The van der Waals surface area contributed by atoms with Crippen molar-refractivity contribution in [3.8, 4) is 0 Å². The second kappa shape index (κ2) is 6.34. The Kier molecular flexibility index (Phi) is 5.08. The average Bonchev–Trinajstić information content (AvgIpc) is 2.29. The lowest BCUT2D eigenvalue weighted by molar-refractivity contribution is -0.199. The number of carbonyl (C=O) groups excluding carboxylic acids is 1. The van der Waals surface area contributed by atoms with E-state index in [1.807, 2.05) is 0 Å². The SMILES string of the molecule is O=C(OCCNCc1ccc(F)cc1)C(F)(F)F. The fraction of sp³-hybridized carbons (Fsp3) is 0.364. The van der Waals surface area contributed by atoms with Crippen LogP contribution in [0, 0.1) is 5.82 Å². The highest BCUT2D eigenvalue weighted by atomic mass is 19.4. The monoisotopic (exact) mass is 265 g/mol. The largest absolute Gasteiger partial charge is 0.490 e. The first kappa shape index (κ1) is 14.4. The van der Waals surface area contributed by atoms with E-state index in [9.17, 15) is 22.4 Å². The Morgan fingerprint density at radius 1 is 1.22 bits per heavy atom. The van der Waals surface area contributed by atoms with E-state index >= 15 is 0 Å². The summed E-state index contributed by atoms with van der Waals surface area (Å²) in [6.45, 7) is 0.0581. The molecule has 0 saturated carbocycles. The molecule has 0 radical (unpaired) electrons. The Morgan fingerprint density at radius 2 is 1.83 bits per heavy atom. The van der Waals surface area contributed by atoms with Gasteiger partial charge in [-0.1, -0.05) is 12.1 Å². The van der Waals surface area contributed by atoms with Gasteiger partial charge in [-0.2, -0.15) is 13.2 Å². The Hall–Kier alpha value is -1.63. The summed E-state index contributed by atoms with van der Waals surface area (Å²) in [5.41, 5.74) is 0.776. The van der Waals surface area contributed by atoms with Gasteiger partial charge in [0.25, 0.3) is 0 Å². The van der Waals surface area contributed by atoms with Crippen LogP contribution in [0.5, 0.6) is 0 Å². The van der Waals surface area contributed by atoms with E-state index in [1.165, 1.54) is 12.1 Å². The van der Waals surface area contributed by atoms with E-state index in [-0.39, 0.29) is 19.0 Å². The van der Waals surface area contributed by atoms with Crippen LogP contribution < -0.4 is 5.32 Å². The van der Waals surface area contributed by atoms with Gasteiger partial charge in [0.1, 0.15) is 12.4 Å². The van der Waals surface area contributed by atoms with E-state index in [1.54, 1.807) is 12.1 Å². The van der Waals surface area contributed by atoms with Crippen LogP contribution in [0.3, 0.4) is 0 Å². The minimum absolute atomic E-state index is 0.0825. The second-order valence-electron chi connectivity index (χ2n) is 3.44. The lowest BCUT2D eigenvalue weighted by atomic mass is 10.2. The Labute approximate surface area is 101 Å². The highest BCUT2D eigenvalue weighted by molar-refractivity contribution is 5.75. The Bertz CT molecular complexity index is 389. The molecule has 1 N–H and O–H groups in total. The molecule has 0 fully saturated rings. The zero-order valence-electron chi connectivity index (χ0n) is 9.26. The van der Waals surface area contributed by atoms with E-state index in [2.05, 4.69) is 10.1 Å². The molecule has 0 aliphatic rings. The summed E-state index contributed by atoms with van der Waals surface area (Å²) in [6, 6.07) is 5.65. The molecule has 0 aliphatic heterocycles. The molecule has 0 amide bonds. The predicted octanol–water partition coefficient (Wildman–Crippen LogP) is 2.02. The maximum atomic E-state index is 12.5. The van der Waals surface area contributed by atoms with Gasteiger partial charge in [0.2, 0.25) is 0 Å². The van der Waals surface area contributed by atoms with Crippen molar-refractivity contribution >= 4 is 5.97 Å². The van der Waals surface area contributed by atoms with Crippen LogP contribution in [0.1, 0.15) is 5.56 Å². The smallest absolute Gasteiger partial charge is 0.458 e. The van der Waals surface area contributed by atoms with Crippen molar-refractivity contribution in [2.75, 3.05) is 13.2 Å². The Balaban J connectivity index is 2.16. The molecule has 1 aromatic rings. The summed E-state index contributed by atoms with van der Waals surface area (Å²) >= 11 is 0. The van der Waals surface area contributed by atoms with Crippen LogP contribution in [0.25, 0.3) is 0 Å². The summed E-state index contributed by atoms with van der Waals surface area (Å²) < 4.78 is 51.7. The highest BCUT2D eigenvalue weighted by Gasteiger charge is 2.40. The van der Waals surface area contributed by atoms with Crippen LogP contribution in [-0.2, 0) is 16.1 Å². The van der Waals surface area contributed by atoms with Gasteiger partial charge in [0, 0.05) is 13.1 Å². The summed E-state index contributed by atoms with van der Waals surface area (Å²) in [4.78, 5) is 10.3. The number of halogens is 4. The molecule has 1 aromatic carbocycles. The van der Waals surface area contributed by atoms with Gasteiger partial charge >= 0.3 is 12.1 Å². The summed E-state index contributed by atoms with van der Waals surface area (Å²) in [6.07, 6.45) is -4.96. The van der Waals surface area contributed by atoms with Gasteiger partial charge in [0.05, 0.1) is 0 Å². The topological polar surface area (TPSA) is 38.3 Å². The number of esters is 1. The molecule has 3 nitrogen and oxygen atoms in total. The standard InChI is InChI=1S/C11H11F4NO2/c12-9-3-1-8(2-4-9)7-16-5-6-18-10(17)11(13,14)15/h1-4,16H,5-7H2. The van der Waals surface area contributed by atoms with Crippen molar-refractivity contribution in [1.82, 2.24) is 5.32 Å². The number of nitrogens with one attached hydrogen (secondary N) is 1. The molecule has 0 atom stereocenters. The van der Waals surface area contributed by atoms with Crippen molar-refractivity contribution in [3.05, 3.63) is 35.6 Å². The van der Waals surface area contributed by atoms with Crippen molar-refractivity contribution in [3.63, 3.8) is 0 Å². The number of hydrogen-bond donors (Lipinski definition) is 1. The van der Waals surface area contributed by atoms with E-state index in [0.29, 0.717) is 6.54 Å². The first-order valence-electron chi connectivity index (χ1n) is 5.08. The maximum absolute atomic E-state index is 12.5. The third-order valence-corrected chi connectivity index (χ3v) is 1.99. The second-order valence-corrected chi connectivity index (χ2v) is 3.44. The first-order valence-corrected chi connectivity index (χ1v) is 5.08. The van der Waals surface area contributed by atoms with Gasteiger partial charge in [-0.25, -0.2) is 9.18 Å². The number of hydrogen-bond acceptors (Lipinski definition) is 3. The van der Waals surface area contributed by atoms with Crippen molar-refractivity contribution in [2.24, 2.45) is 0 Å². The zero-order valence-corrected chi connectivity index (χ0v) is 9.26. The predicted molar refractivity (Wildman–Crippen MR) is 55.1 cm³/mol. The first-order chi connectivity index (χ1) is 8.39. The molecule has 0 bridgehead atoms. The third kappa shape index (κ3) is 5.13. The van der Waals surface area contributed by atoms with Gasteiger partial charge in [-0.3, -0.25) is 0 Å². The van der Waals surface area contributed by atoms with Crippen LogP contribution in [0.2, 0.25) is 0 Å². The van der Waals surface area contributed by atoms with Crippen LogP contribution in [-0.4, -0.2) is 25.3 Å². The summed E-state index contributed by atoms with van der Waals surface area (Å²) in [7, 11) is 0. The van der Waals surface area contributed by atoms with Gasteiger partial charge in [-0.05, 0) is 17.7 Å². The number of benzene rings is 1. The molecule has 0 spiro atoms. The number of carbonyl (C=O) groups is 1. The molecular weight excluding hydrogens is 254 g/mol. The minimum atomic E-state index is -4.96. The fourth-order valence-corrected chi connectivity index (χ4v) is 1.13. The van der Waals surface area contributed by atoms with Gasteiger partial charge in [-0.15, -0.1) is 0 Å².